The quantitative estimate of drug-likeness (QED) is 0.741. The fourth-order valence-electron chi connectivity index (χ4n) is 3.31. The van der Waals surface area contributed by atoms with Gasteiger partial charge in [-0.05, 0) is 18.4 Å². The maximum Gasteiger partial charge on any atom is 0.410 e. The van der Waals surface area contributed by atoms with E-state index in [1.807, 2.05) is 0 Å². The van der Waals surface area contributed by atoms with Crippen LogP contribution < -0.4 is 5.32 Å². The summed E-state index contributed by atoms with van der Waals surface area (Å²) >= 11 is 5.89. The number of carbonyl (C=O) groups is 2. The third kappa shape index (κ3) is 6.06. The summed E-state index contributed by atoms with van der Waals surface area (Å²) in [4.78, 5) is 33.4. The Morgan fingerprint density at radius 2 is 1.87 bits per heavy atom. The molecule has 0 saturated carbocycles. The molecule has 1 aliphatic heterocycles. The maximum absolute atomic E-state index is 13.5. The SMILES string of the molecule is O=C(NCc1nccnc1Cl)C1CCC(C(F)(F)F)N(C(=O)OCc2ccccc2)C1. The summed E-state index contributed by atoms with van der Waals surface area (Å²) in [5.74, 6) is -1.32. The van der Waals surface area contributed by atoms with Crippen molar-refractivity contribution in [3.05, 3.63) is 59.1 Å². The summed E-state index contributed by atoms with van der Waals surface area (Å²) in [5, 5.41) is 2.71. The molecule has 1 aromatic carbocycles. The maximum atomic E-state index is 13.5. The Morgan fingerprint density at radius 1 is 1.16 bits per heavy atom. The van der Waals surface area contributed by atoms with Crippen molar-refractivity contribution in [2.24, 2.45) is 5.92 Å². The van der Waals surface area contributed by atoms with E-state index in [2.05, 4.69) is 15.3 Å². The van der Waals surface area contributed by atoms with Gasteiger partial charge in [0.2, 0.25) is 5.91 Å². The van der Waals surface area contributed by atoms with E-state index >= 15 is 0 Å². The Bertz CT molecular complexity index is 914. The van der Waals surface area contributed by atoms with Crippen LogP contribution in [0.4, 0.5) is 18.0 Å². The van der Waals surface area contributed by atoms with Gasteiger partial charge in [0, 0.05) is 18.9 Å². The second-order valence-corrected chi connectivity index (χ2v) is 7.39. The number of nitrogens with one attached hydrogen (secondary N) is 1. The summed E-state index contributed by atoms with van der Waals surface area (Å²) < 4.78 is 45.5. The number of piperidine rings is 1. The van der Waals surface area contributed by atoms with Crippen LogP contribution in [0.2, 0.25) is 5.15 Å². The average molecular weight is 457 g/mol. The number of ether oxygens (including phenoxy) is 1. The number of alkyl halides is 3. The molecule has 0 aliphatic carbocycles. The molecule has 166 valence electrons. The zero-order valence-electron chi connectivity index (χ0n) is 16.3. The van der Waals surface area contributed by atoms with Gasteiger partial charge in [0.1, 0.15) is 12.6 Å². The number of benzene rings is 1. The van der Waals surface area contributed by atoms with Crippen molar-refractivity contribution in [3.63, 3.8) is 0 Å². The van der Waals surface area contributed by atoms with Gasteiger partial charge in [-0.15, -0.1) is 0 Å². The van der Waals surface area contributed by atoms with E-state index in [0.29, 0.717) is 16.2 Å². The molecule has 2 aromatic rings. The van der Waals surface area contributed by atoms with Gasteiger partial charge >= 0.3 is 12.3 Å². The molecule has 11 heteroatoms. The summed E-state index contributed by atoms with van der Waals surface area (Å²) in [6.07, 6.45) is -3.35. The molecule has 1 fully saturated rings. The van der Waals surface area contributed by atoms with Crippen molar-refractivity contribution in [2.75, 3.05) is 6.54 Å². The van der Waals surface area contributed by atoms with Gasteiger partial charge < -0.3 is 10.1 Å². The zero-order chi connectivity index (χ0) is 22.4. The van der Waals surface area contributed by atoms with Crippen LogP contribution in [-0.4, -0.2) is 45.6 Å². The standard InChI is InChI=1S/C20H20ClF3N4O3/c21-17-15(25-8-9-26-17)10-27-18(29)14-6-7-16(20(22,23)24)28(11-14)19(30)31-12-13-4-2-1-3-5-13/h1-5,8-9,14,16H,6-7,10-12H2,(H,27,29). The second kappa shape index (κ2) is 9.95. The number of carbonyl (C=O) groups excluding carboxylic acids is 2. The molecule has 31 heavy (non-hydrogen) atoms. The predicted molar refractivity (Wildman–Crippen MR) is 105 cm³/mol. The molecule has 2 heterocycles. The predicted octanol–water partition coefficient (Wildman–Crippen LogP) is 3.73. The molecule has 1 N–H and O–H groups in total. The Balaban J connectivity index is 1.64. The smallest absolute Gasteiger partial charge is 0.410 e. The molecule has 3 rings (SSSR count). The van der Waals surface area contributed by atoms with Crippen molar-refractivity contribution in [3.8, 4) is 0 Å². The van der Waals surface area contributed by atoms with E-state index in [9.17, 15) is 22.8 Å². The van der Waals surface area contributed by atoms with Crippen LogP contribution in [0.15, 0.2) is 42.7 Å². The second-order valence-electron chi connectivity index (χ2n) is 7.04. The third-order valence-electron chi connectivity index (χ3n) is 4.92. The average Bonchev–Trinajstić information content (AvgIpc) is 2.76. The minimum atomic E-state index is -4.62. The summed E-state index contributed by atoms with van der Waals surface area (Å²) in [5.41, 5.74) is 0.979. The molecule has 7 nitrogen and oxygen atoms in total. The first-order valence-corrected chi connectivity index (χ1v) is 9.90. The minimum absolute atomic E-state index is 0.0212. The lowest BCUT2D eigenvalue weighted by Gasteiger charge is -2.39. The highest BCUT2D eigenvalue weighted by Gasteiger charge is 2.49. The van der Waals surface area contributed by atoms with E-state index in [0.717, 1.165) is 0 Å². The molecule has 2 atom stereocenters. The number of aromatic nitrogens is 2. The van der Waals surface area contributed by atoms with E-state index in [1.165, 1.54) is 12.4 Å². The fraction of sp³-hybridized carbons (Fsp3) is 0.400. The monoisotopic (exact) mass is 456 g/mol. The van der Waals surface area contributed by atoms with Crippen LogP contribution in [0.3, 0.4) is 0 Å². The lowest BCUT2D eigenvalue weighted by molar-refractivity contribution is -0.190. The Kier molecular flexibility index (Phi) is 7.32. The van der Waals surface area contributed by atoms with Gasteiger partial charge in [-0.25, -0.2) is 9.78 Å². The molecule has 2 unspecified atom stereocenters. The number of hydrogen-bond donors (Lipinski definition) is 1. The third-order valence-corrected chi connectivity index (χ3v) is 5.24. The molecule has 1 aromatic heterocycles. The van der Waals surface area contributed by atoms with Gasteiger partial charge in [-0.2, -0.15) is 13.2 Å². The molecular formula is C20H20ClF3N4O3. The number of rotatable bonds is 5. The number of likely N-dealkylation sites (tertiary alicyclic amines) is 1. The van der Waals surface area contributed by atoms with Crippen molar-refractivity contribution in [1.29, 1.82) is 0 Å². The molecule has 1 saturated heterocycles. The number of halogens is 4. The van der Waals surface area contributed by atoms with Crippen molar-refractivity contribution in [2.45, 2.75) is 38.2 Å². The summed E-state index contributed by atoms with van der Waals surface area (Å²) in [6.45, 7) is -0.593. The number of nitrogens with zero attached hydrogens (tertiary/aromatic N) is 3. The van der Waals surface area contributed by atoms with Crippen LogP contribution in [0.5, 0.6) is 0 Å². The van der Waals surface area contributed by atoms with Gasteiger partial charge in [-0.3, -0.25) is 14.7 Å². The highest BCUT2D eigenvalue weighted by Crippen LogP contribution is 2.34. The molecular weight excluding hydrogens is 437 g/mol. The van der Waals surface area contributed by atoms with Gasteiger partial charge in [-0.1, -0.05) is 41.9 Å². The van der Waals surface area contributed by atoms with E-state index in [-0.39, 0.29) is 24.7 Å². The summed E-state index contributed by atoms with van der Waals surface area (Å²) in [7, 11) is 0. The molecule has 1 aliphatic rings. The lowest BCUT2D eigenvalue weighted by atomic mass is 9.92. The first-order valence-electron chi connectivity index (χ1n) is 9.53. The van der Waals surface area contributed by atoms with E-state index in [4.69, 9.17) is 16.3 Å². The number of hydrogen-bond acceptors (Lipinski definition) is 5. The van der Waals surface area contributed by atoms with Gasteiger partial charge in [0.25, 0.3) is 0 Å². The van der Waals surface area contributed by atoms with Crippen molar-refractivity contribution >= 4 is 23.6 Å². The van der Waals surface area contributed by atoms with Crippen molar-refractivity contribution < 1.29 is 27.5 Å². The molecule has 0 bridgehead atoms. The van der Waals surface area contributed by atoms with Crippen LogP contribution in [0.25, 0.3) is 0 Å². The minimum Gasteiger partial charge on any atom is -0.445 e. The highest BCUT2D eigenvalue weighted by molar-refractivity contribution is 6.29. The van der Waals surface area contributed by atoms with Gasteiger partial charge in [0.05, 0.1) is 18.2 Å². The van der Waals surface area contributed by atoms with Crippen LogP contribution >= 0.6 is 11.6 Å². The normalized spacial score (nSPS) is 19.0. The fourth-order valence-corrected chi connectivity index (χ4v) is 3.48. The van der Waals surface area contributed by atoms with Crippen LogP contribution in [0, 0.1) is 5.92 Å². The van der Waals surface area contributed by atoms with Gasteiger partial charge in [0.15, 0.2) is 5.15 Å². The highest BCUT2D eigenvalue weighted by atomic mass is 35.5. The van der Waals surface area contributed by atoms with Crippen LogP contribution in [-0.2, 0) is 22.7 Å². The van der Waals surface area contributed by atoms with Crippen LogP contribution in [0.1, 0.15) is 24.1 Å². The largest absolute Gasteiger partial charge is 0.445 e. The topological polar surface area (TPSA) is 84.4 Å². The Labute approximate surface area is 181 Å². The summed E-state index contributed by atoms with van der Waals surface area (Å²) in [6, 6.07) is 6.61. The van der Waals surface area contributed by atoms with Crippen molar-refractivity contribution in [1.82, 2.24) is 20.2 Å². The zero-order valence-corrected chi connectivity index (χ0v) is 17.1. The number of amides is 2. The van der Waals surface area contributed by atoms with E-state index in [1.54, 1.807) is 30.3 Å². The Hall–Kier alpha value is -2.88. The van der Waals surface area contributed by atoms with E-state index < -0.39 is 43.1 Å². The molecule has 0 radical (unpaired) electrons. The first kappa shape index (κ1) is 22.8. The molecule has 2 amide bonds. The lowest BCUT2D eigenvalue weighted by Crippen LogP contribution is -2.55. The first-order chi connectivity index (χ1) is 14.8. The Morgan fingerprint density at radius 3 is 2.55 bits per heavy atom. The molecule has 0 spiro atoms.